The molecule has 2 amide bonds. The molecule has 0 atom stereocenters. The van der Waals surface area contributed by atoms with E-state index in [1.807, 2.05) is 4.90 Å². The van der Waals surface area contributed by atoms with Crippen LogP contribution < -0.4 is 20.7 Å². The van der Waals surface area contributed by atoms with Gasteiger partial charge in [0.05, 0.1) is 10.6 Å². The molecule has 2 aliphatic rings. The van der Waals surface area contributed by atoms with E-state index in [1.165, 1.54) is 12.1 Å². The number of imide groups is 1. The van der Waals surface area contributed by atoms with Crippen molar-refractivity contribution < 1.29 is 27.5 Å². The zero-order valence-corrected chi connectivity index (χ0v) is 15.5. The number of nitrogens with two attached hydrogens (primary N) is 1. The maximum absolute atomic E-state index is 12.5. The zero-order chi connectivity index (χ0) is 20.3. The lowest BCUT2D eigenvalue weighted by Crippen LogP contribution is -2.37. The summed E-state index contributed by atoms with van der Waals surface area (Å²) < 4.78 is 42.3. The Hall–Kier alpha value is -2.34. The SMILES string of the molecule is NCC1CCN(c2nc(/C=C3/SC(=O)NC3=O)cc(OCC(F)(F)F)n2)CC1. The second kappa shape index (κ2) is 8.35. The van der Waals surface area contributed by atoms with Crippen LogP contribution in [0.15, 0.2) is 11.0 Å². The highest BCUT2D eigenvalue weighted by Crippen LogP contribution is 2.28. The first-order valence-corrected chi connectivity index (χ1v) is 9.33. The van der Waals surface area contributed by atoms with Crippen molar-refractivity contribution in [1.82, 2.24) is 15.3 Å². The van der Waals surface area contributed by atoms with Crippen molar-refractivity contribution >= 4 is 34.9 Å². The molecule has 0 spiro atoms. The Labute approximate surface area is 162 Å². The molecule has 152 valence electrons. The number of nitrogens with one attached hydrogen (secondary N) is 1. The Balaban J connectivity index is 1.87. The number of hydrogen-bond acceptors (Lipinski definition) is 8. The van der Waals surface area contributed by atoms with Crippen LogP contribution in [0.3, 0.4) is 0 Å². The molecular formula is C16H18F3N5O3S. The maximum Gasteiger partial charge on any atom is 0.422 e. The minimum absolute atomic E-state index is 0.0956. The van der Waals surface area contributed by atoms with Gasteiger partial charge in [0, 0.05) is 19.2 Å². The Morgan fingerprint density at radius 2 is 2.04 bits per heavy atom. The number of aromatic nitrogens is 2. The molecule has 0 bridgehead atoms. The monoisotopic (exact) mass is 417 g/mol. The highest BCUT2D eigenvalue weighted by molar-refractivity contribution is 8.18. The molecule has 0 aliphatic carbocycles. The second-order valence-corrected chi connectivity index (χ2v) is 7.37. The Morgan fingerprint density at radius 1 is 1.32 bits per heavy atom. The minimum atomic E-state index is -4.52. The van der Waals surface area contributed by atoms with E-state index in [0.717, 1.165) is 12.8 Å². The summed E-state index contributed by atoms with van der Waals surface area (Å²) in [6.07, 6.45) is -1.56. The van der Waals surface area contributed by atoms with Gasteiger partial charge in [-0.3, -0.25) is 14.9 Å². The number of carbonyl (C=O) groups excluding carboxylic acids is 2. The van der Waals surface area contributed by atoms with Crippen molar-refractivity contribution in [3.63, 3.8) is 0 Å². The summed E-state index contributed by atoms with van der Waals surface area (Å²) in [5, 5.41) is 1.58. The Bertz CT molecular complexity index is 794. The number of hydrogen-bond donors (Lipinski definition) is 2. The fourth-order valence-electron chi connectivity index (χ4n) is 2.80. The van der Waals surface area contributed by atoms with Gasteiger partial charge in [-0.25, -0.2) is 4.98 Å². The van der Waals surface area contributed by atoms with Crippen LogP contribution in [-0.4, -0.2) is 53.5 Å². The summed E-state index contributed by atoms with van der Waals surface area (Å²) in [5.74, 6) is -0.259. The van der Waals surface area contributed by atoms with Gasteiger partial charge in [0.2, 0.25) is 11.8 Å². The first-order chi connectivity index (χ1) is 13.2. The molecule has 8 nitrogen and oxygen atoms in total. The molecule has 0 aromatic carbocycles. The van der Waals surface area contributed by atoms with Crippen LogP contribution in [0, 0.1) is 5.92 Å². The van der Waals surface area contributed by atoms with E-state index in [2.05, 4.69) is 15.3 Å². The van der Waals surface area contributed by atoms with Crippen LogP contribution in [0.5, 0.6) is 5.88 Å². The second-order valence-electron chi connectivity index (χ2n) is 6.35. The van der Waals surface area contributed by atoms with Gasteiger partial charge in [-0.1, -0.05) is 0 Å². The fraction of sp³-hybridized carbons (Fsp3) is 0.500. The lowest BCUT2D eigenvalue weighted by atomic mass is 9.97. The van der Waals surface area contributed by atoms with Gasteiger partial charge >= 0.3 is 6.18 Å². The van der Waals surface area contributed by atoms with E-state index in [9.17, 15) is 22.8 Å². The molecule has 12 heteroatoms. The van der Waals surface area contributed by atoms with Crippen molar-refractivity contribution in [2.45, 2.75) is 19.0 Å². The van der Waals surface area contributed by atoms with Gasteiger partial charge in [-0.15, -0.1) is 0 Å². The summed E-state index contributed by atoms with van der Waals surface area (Å²) in [7, 11) is 0. The average molecular weight is 417 g/mol. The highest BCUT2D eigenvalue weighted by Gasteiger charge is 2.30. The highest BCUT2D eigenvalue weighted by atomic mass is 32.2. The maximum atomic E-state index is 12.5. The molecule has 2 fully saturated rings. The molecule has 2 saturated heterocycles. The number of carbonyl (C=O) groups is 2. The summed E-state index contributed by atoms with van der Waals surface area (Å²) in [6, 6.07) is 1.20. The van der Waals surface area contributed by atoms with Crippen molar-refractivity contribution in [3.8, 4) is 5.88 Å². The van der Waals surface area contributed by atoms with Crippen LogP contribution in [0.25, 0.3) is 6.08 Å². The molecule has 0 unspecified atom stereocenters. The number of piperidine rings is 1. The van der Waals surface area contributed by atoms with Crippen LogP contribution in [-0.2, 0) is 4.79 Å². The number of anilines is 1. The topological polar surface area (TPSA) is 110 Å². The predicted octanol–water partition coefficient (Wildman–Crippen LogP) is 1.92. The van der Waals surface area contributed by atoms with Crippen LogP contribution in [0.4, 0.5) is 23.9 Å². The summed E-state index contributed by atoms with van der Waals surface area (Å²) in [5.41, 5.74) is 5.86. The number of rotatable bonds is 5. The molecule has 3 heterocycles. The van der Waals surface area contributed by atoms with Crippen LogP contribution in [0.1, 0.15) is 18.5 Å². The van der Waals surface area contributed by atoms with Gasteiger partial charge in [0.15, 0.2) is 6.61 Å². The quantitative estimate of drug-likeness (QED) is 0.699. The van der Waals surface area contributed by atoms with Crippen molar-refractivity contribution in [2.75, 3.05) is 31.1 Å². The molecule has 3 rings (SSSR count). The first-order valence-electron chi connectivity index (χ1n) is 8.52. The van der Waals surface area contributed by atoms with E-state index < -0.39 is 23.9 Å². The van der Waals surface area contributed by atoms with Gasteiger partial charge in [-0.2, -0.15) is 18.2 Å². The van der Waals surface area contributed by atoms with E-state index in [4.69, 9.17) is 10.5 Å². The molecule has 2 aliphatic heterocycles. The number of nitrogens with zero attached hydrogens (tertiary/aromatic N) is 3. The third kappa shape index (κ3) is 5.35. The van der Waals surface area contributed by atoms with Gasteiger partial charge in [-0.05, 0) is 43.1 Å². The van der Waals surface area contributed by atoms with E-state index in [1.54, 1.807) is 0 Å². The van der Waals surface area contributed by atoms with Gasteiger partial charge in [0.25, 0.3) is 11.1 Å². The lowest BCUT2D eigenvalue weighted by molar-refractivity contribution is -0.154. The lowest BCUT2D eigenvalue weighted by Gasteiger charge is -2.31. The van der Waals surface area contributed by atoms with E-state index in [0.29, 0.717) is 37.3 Å². The molecule has 3 N–H and O–H groups in total. The van der Waals surface area contributed by atoms with E-state index >= 15 is 0 Å². The number of thioether (sulfide) groups is 1. The molecular weight excluding hydrogens is 399 g/mol. The number of amides is 2. The van der Waals surface area contributed by atoms with Crippen LogP contribution >= 0.6 is 11.8 Å². The van der Waals surface area contributed by atoms with E-state index in [-0.39, 0.29) is 22.4 Å². The molecule has 1 aromatic heterocycles. The summed E-state index contributed by atoms with van der Waals surface area (Å²) in [4.78, 5) is 33.3. The van der Waals surface area contributed by atoms with Crippen LogP contribution in [0.2, 0.25) is 0 Å². The third-order valence-electron chi connectivity index (χ3n) is 4.25. The minimum Gasteiger partial charge on any atom is -0.468 e. The number of halogens is 3. The van der Waals surface area contributed by atoms with Crippen molar-refractivity contribution in [3.05, 3.63) is 16.7 Å². The van der Waals surface area contributed by atoms with Gasteiger partial charge < -0.3 is 15.4 Å². The smallest absolute Gasteiger partial charge is 0.422 e. The Kier molecular flexibility index (Phi) is 6.08. The normalized spacial score (nSPS) is 20.0. The summed E-state index contributed by atoms with van der Waals surface area (Å²) in [6.45, 7) is 0.284. The zero-order valence-electron chi connectivity index (χ0n) is 14.7. The predicted molar refractivity (Wildman–Crippen MR) is 96.7 cm³/mol. The van der Waals surface area contributed by atoms with Crippen molar-refractivity contribution in [1.29, 1.82) is 0 Å². The standard InChI is InChI=1S/C16H18F3N5O3S/c17-16(18,19)8-27-12-6-10(5-11-13(25)23-15(26)28-11)21-14(22-12)24-3-1-9(7-20)2-4-24/h5-6,9H,1-4,7-8,20H2,(H,23,25,26)/b11-5+. The third-order valence-corrected chi connectivity index (χ3v) is 5.06. The Morgan fingerprint density at radius 3 is 2.61 bits per heavy atom. The molecule has 28 heavy (non-hydrogen) atoms. The van der Waals surface area contributed by atoms with Gasteiger partial charge in [0.1, 0.15) is 0 Å². The number of alkyl halides is 3. The molecule has 0 radical (unpaired) electrons. The molecule has 1 aromatic rings. The fourth-order valence-corrected chi connectivity index (χ4v) is 3.47. The average Bonchev–Trinajstić information content (AvgIpc) is 2.96. The number of ether oxygens (including phenoxy) is 1. The largest absolute Gasteiger partial charge is 0.468 e. The summed E-state index contributed by atoms with van der Waals surface area (Å²) >= 11 is 0.689. The van der Waals surface area contributed by atoms with Crippen molar-refractivity contribution in [2.24, 2.45) is 11.7 Å². The first kappa shape index (κ1) is 20.4. The molecule has 0 saturated carbocycles.